The molecule has 0 unspecified atom stereocenters. The van der Waals surface area contributed by atoms with Crippen molar-refractivity contribution in [1.29, 1.82) is 0 Å². The van der Waals surface area contributed by atoms with Gasteiger partial charge in [-0.05, 0) is 44.9 Å². The van der Waals surface area contributed by atoms with Gasteiger partial charge in [-0.3, -0.25) is 5.32 Å². The summed E-state index contributed by atoms with van der Waals surface area (Å²) in [6.07, 6.45) is 2.13. The Bertz CT molecular complexity index is 935. The molecule has 1 N–H and O–H groups in total. The van der Waals surface area contributed by atoms with Gasteiger partial charge in [0, 0.05) is 5.56 Å². The lowest BCUT2D eigenvalue weighted by molar-refractivity contribution is -0.140. The lowest BCUT2D eigenvalue weighted by atomic mass is 10.1. The van der Waals surface area contributed by atoms with Crippen LogP contribution in [0.25, 0.3) is 6.08 Å². The predicted molar refractivity (Wildman–Crippen MR) is 120 cm³/mol. The summed E-state index contributed by atoms with van der Waals surface area (Å²) in [5.74, 6) is -1.35. The Hall–Kier alpha value is -3.35. The summed E-state index contributed by atoms with van der Waals surface area (Å²) in [6.45, 7) is 7.44. The molecule has 0 saturated carbocycles. The van der Waals surface area contributed by atoms with E-state index in [0.717, 1.165) is 18.4 Å². The van der Waals surface area contributed by atoms with E-state index in [4.69, 9.17) is 14.2 Å². The molecule has 0 aromatic heterocycles. The van der Waals surface area contributed by atoms with Crippen LogP contribution in [0.4, 0.5) is 9.18 Å². The summed E-state index contributed by atoms with van der Waals surface area (Å²) < 4.78 is 30.6. The summed E-state index contributed by atoms with van der Waals surface area (Å²) in [5.41, 5.74) is 0.118. The third kappa shape index (κ3) is 8.41. The van der Waals surface area contributed by atoms with E-state index in [9.17, 15) is 14.0 Å². The second-order valence-corrected chi connectivity index (χ2v) is 8.11. The van der Waals surface area contributed by atoms with Gasteiger partial charge in [0.1, 0.15) is 17.9 Å². The fourth-order valence-electron chi connectivity index (χ4n) is 2.63. The molecule has 0 atom stereocenters. The number of hydrogen-bond acceptors (Lipinski definition) is 5. The third-order valence-corrected chi connectivity index (χ3v) is 4.11. The molecule has 0 aliphatic heterocycles. The van der Waals surface area contributed by atoms with Crippen molar-refractivity contribution in [2.45, 2.75) is 52.7 Å². The first-order valence-corrected chi connectivity index (χ1v) is 10.5. The number of para-hydroxylation sites is 1. The number of amides is 1. The number of esters is 1. The fourth-order valence-corrected chi connectivity index (χ4v) is 2.63. The molecule has 32 heavy (non-hydrogen) atoms. The van der Waals surface area contributed by atoms with E-state index in [2.05, 4.69) is 5.32 Å². The first kappa shape index (κ1) is 24.9. The Balaban J connectivity index is 2.30. The number of alkyl carbamates (subject to hydrolysis) is 1. The molecule has 0 heterocycles. The molecular weight excluding hydrogens is 413 g/mol. The Morgan fingerprint density at radius 1 is 1.06 bits per heavy atom. The Morgan fingerprint density at radius 2 is 1.78 bits per heavy atom. The molecule has 0 radical (unpaired) electrons. The van der Waals surface area contributed by atoms with Crippen molar-refractivity contribution in [3.8, 4) is 5.75 Å². The van der Waals surface area contributed by atoms with Crippen LogP contribution in [0.3, 0.4) is 0 Å². The number of rotatable bonds is 9. The van der Waals surface area contributed by atoms with E-state index in [1.165, 1.54) is 18.2 Å². The number of hydrogen-bond donors (Lipinski definition) is 1. The average molecular weight is 444 g/mol. The zero-order valence-corrected chi connectivity index (χ0v) is 18.9. The second-order valence-electron chi connectivity index (χ2n) is 8.11. The maximum atomic E-state index is 14.4. The van der Waals surface area contributed by atoms with Crippen LogP contribution in [0.5, 0.6) is 5.75 Å². The third-order valence-electron chi connectivity index (χ3n) is 4.11. The number of carbonyl (C=O) groups is 2. The molecular formula is C25H30FNO5. The molecule has 7 heteroatoms. The van der Waals surface area contributed by atoms with Gasteiger partial charge in [-0.25, -0.2) is 14.0 Å². The monoisotopic (exact) mass is 443 g/mol. The van der Waals surface area contributed by atoms with Crippen LogP contribution in [0.2, 0.25) is 0 Å². The number of ether oxygens (including phenoxy) is 3. The van der Waals surface area contributed by atoms with Gasteiger partial charge >= 0.3 is 12.1 Å². The summed E-state index contributed by atoms with van der Waals surface area (Å²) in [7, 11) is 0. The highest BCUT2D eigenvalue weighted by Gasteiger charge is 2.21. The van der Waals surface area contributed by atoms with Crippen molar-refractivity contribution >= 4 is 18.1 Å². The van der Waals surface area contributed by atoms with Crippen LogP contribution in [-0.4, -0.2) is 24.3 Å². The molecule has 0 spiro atoms. The molecule has 172 valence electrons. The van der Waals surface area contributed by atoms with E-state index in [0.29, 0.717) is 12.2 Å². The highest BCUT2D eigenvalue weighted by Crippen LogP contribution is 2.25. The van der Waals surface area contributed by atoms with Crippen LogP contribution in [-0.2, 0) is 20.9 Å². The average Bonchev–Trinajstić information content (AvgIpc) is 2.73. The maximum Gasteiger partial charge on any atom is 0.412 e. The number of unbranched alkanes of at least 4 members (excludes halogenated alkanes) is 1. The van der Waals surface area contributed by atoms with Crippen LogP contribution >= 0.6 is 0 Å². The summed E-state index contributed by atoms with van der Waals surface area (Å²) >= 11 is 0. The van der Waals surface area contributed by atoms with Crippen molar-refractivity contribution in [3.05, 3.63) is 71.2 Å². The normalized spacial score (nSPS) is 11.6. The molecule has 0 aliphatic carbocycles. The van der Waals surface area contributed by atoms with Crippen molar-refractivity contribution in [1.82, 2.24) is 5.32 Å². The molecule has 2 aromatic carbocycles. The minimum atomic E-state index is -0.828. The summed E-state index contributed by atoms with van der Waals surface area (Å²) in [6, 6.07) is 13.5. The first-order chi connectivity index (χ1) is 15.2. The van der Waals surface area contributed by atoms with E-state index in [1.54, 1.807) is 26.8 Å². The largest absolute Gasteiger partial charge is 0.490 e. The predicted octanol–water partition coefficient (Wildman–Crippen LogP) is 5.61. The van der Waals surface area contributed by atoms with Crippen LogP contribution < -0.4 is 10.1 Å². The molecule has 0 fully saturated rings. The number of benzene rings is 2. The number of nitrogens with one attached hydrogen (secondary N) is 1. The quantitative estimate of drug-likeness (QED) is 0.310. The van der Waals surface area contributed by atoms with Crippen molar-refractivity contribution < 1.29 is 28.2 Å². The van der Waals surface area contributed by atoms with Gasteiger partial charge in [-0.15, -0.1) is 0 Å². The van der Waals surface area contributed by atoms with Gasteiger partial charge in [0.25, 0.3) is 0 Å². The molecule has 6 nitrogen and oxygen atoms in total. The second kappa shape index (κ2) is 11.9. The Morgan fingerprint density at radius 3 is 2.44 bits per heavy atom. The zero-order valence-electron chi connectivity index (χ0n) is 18.9. The van der Waals surface area contributed by atoms with Gasteiger partial charge in [-0.1, -0.05) is 55.8 Å². The van der Waals surface area contributed by atoms with Gasteiger partial charge < -0.3 is 14.2 Å². The summed E-state index contributed by atoms with van der Waals surface area (Å²) in [5, 5.41) is 2.42. The van der Waals surface area contributed by atoms with E-state index < -0.39 is 23.5 Å². The maximum absolute atomic E-state index is 14.4. The molecule has 0 bridgehead atoms. The number of carbonyl (C=O) groups excluding carboxylic acids is 2. The van der Waals surface area contributed by atoms with Gasteiger partial charge in [0.15, 0.2) is 11.6 Å². The highest BCUT2D eigenvalue weighted by molar-refractivity contribution is 5.97. The van der Waals surface area contributed by atoms with Crippen LogP contribution in [0.15, 0.2) is 54.2 Å². The first-order valence-electron chi connectivity index (χ1n) is 10.5. The molecule has 0 saturated heterocycles. The van der Waals surface area contributed by atoms with Gasteiger partial charge in [0.05, 0.1) is 6.61 Å². The molecule has 1 amide bonds. The Kier molecular flexibility index (Phi) is 9.25. The smallest absolute Gasteiger partial charge is 0.412 e. The minimum Gasteiger partial charge on any atom is -0.490 e. The lowest BCUT2D eigenvalue weighted by Crippen LogP contribution is -2.34. The number of halogens is 1. The lowest BCUT2D eigenvalue weighted by Gasteiger charge is -2.20. The molecule has 2 aromatic rings. The minimum absolute atomic E-state index is 0.000276. The van der Waals surface area contributed by atoms with Crippen molar-refractivity contribution in [2.24, 2.45) is 0 Å². The van der Waals surface area contributed by atoms with E-state index in [1.807, 2.05) is 37.3 Å². The van der Waals surface area contributed by atoms with Crippen LogP contribution in [0, 0.1) is 5.82 Å². The Labute approximate surface area is 188 Å². The zero-order chi connectivity index (χ0) is 23.6. The topological polar surface area (TPSA) is 73.9 Å². The van der Waals surface area contributed by atoms with Crippen molar-refractivity contribution in [2.75, 3.05) is 6.61 Å². The van der Waals surface area contributed by atoms with E-state index in [-0.39, 0.29) is 18.1 Å². The van der Waals surface area contributed by atoms with Crippen LogP contribution in [0.1, 0.15) is 51.7 Å². The molecule has 0 aliphatic rings. The fraction of sp³-hybridized carbons (Fsp3) is 0.360. The van der Waals surface area contributed by atoms with Gasteiger partial charge in [-0.2, -0.15) is 0 Å². The standard InChI is InChI=1S/C25H30FNO5/c1-5-6-15-30-22-19(13-10-14-20(22)26)16-21(27-24(29)32-25(2,3)4)23(28)31-17-18-11-8-7-9-12-18/h7-14,16H,5-6,15,17H2,1-4H3,(H,27,29)/b21-16-. The van der Waals surface area contributed by atoms with E-state index >= 15 is 0 Å². The SMILES string of the molecule is CCCCOc1c(F)cccc1/C=C(\NC(=O)OC(C)(C)C)C(=O)OCc1ccccc1. The van der Waals surface area contributed by atoms with Gasteiger partial charge in [0.2, 0.25) is 0 Å². The summed E-state index contributed by atoms with van der Waals surface area (Å²) in [4.78, 5) is 25.1. The highest BCUT2D eigenvalue weighted by atomic mass is 19.1. The van der Waals surface area contributed by atoms with Crippen molar-refractivity contribution in [3.63, 3.8) is 0 Å². The molecule has 2 rings (SSSR count).